The molecule has 0 unspecified atom stereocenters. The van der Waals surface area contributed by atoms with Gasteiger partial charge in [-0.25, -0.2) is 10.4 Å². The summed E-state index contributed by atoms with van der Waals surface area (Å²) < 4.78 is 7.04. The quantitative estimate of drug-likeness (QED) is 0.557. The molecular weight excluding hydrogens is 316 g/mol. The number of allylic oxidation sites excluding steroid dienone is 1. The Morgan fingerprint density at radius 2 is 2.04 bits per heavy atom. The number of amides is 1. The lowest BCUT2D eigenvalue weighted by Gasteiger charge is -2.03. The Balaban J connectivity index is 1.55. The summed E-state index contributed by atoms with van der Waals surface area (Å²) in [4.78, 5) is 16.2. The summed E-state index contributed by atoms with van der Waals surface area (Å²) in [6.07, 6.45) is 6.77. The predicted molar refractivity (Wildman–Crippen MR) is 98.4 cm³/mol. The Bertz CT molecular complexity index is 928. The van der Waals surface area contributed by atoms with E-state index in [0.717, 1.165) is 22.3 Å². The molecule has 1 aromatic heterocycles. The van der Waals surface area contributed by atoms with E-state index in [1.807, 2.05) is 54.6 Å². The van der Waals surface area contributed by atoms with Gasteiger partial charge in [0.25, 0.3) is 5.91 Å². The van der Waals surface area contributed by atoms with Crippen molar-refractivity contribution in [3.8, 4) is 5.75 Å². The number of carbonyl (C=O) groups excluding carboxylic acids is 1. The standard InChI is InChI=1S/C19H18N4O2/c1-25-18-11-5-2-7-15(18)8-6-12-21-22-19(24)13-23-14-20-16-9-3-4-10-17(16)23/h2-12,14H,13H2,1H3,(H,22,24)/b8-6+,21-12+. The second kappa shape index (κ2) is 7.92. The number of nitrogens with zero attached hydrogens (tertiary/aromatic N) is 3. The number of aromatic nitrogens is 2. The van der Waals surface area contributed by atoms with Crippen LogP contribution < -0.4 is 10.2 Å². The van der Waals surface area contributed by atoms with Crippen LogP contribution in [0, 0.1) is 0 Å². The second-order valence-electron chi connectivity index (χ2n) is 5.28. The summed E-state index contributed by atoms with van der Waals surface area (Å²) in [5.41, 5.74) is 5.21. The molecule has 6 heteroatoms. The SMILES string of the molecule is COc1ccccc1/C=C/C=N/NC(=O)Cn1cnc2ccccc21. The molecular formula is C19H18N4O2. The Kier molecular flexibility index (Phi) is 5.21. The van der Waals surface area contributed by atoms with Gasteiger partial charge in [-0.05, 0) is 30.4 Å². The molecule has 0 radical (unpaired) electrons. The number of nitrogens with one attached hydrogen (secondary N) is 1. The smallest absolute Gasteiger partial charge is 0.260 e. The van der Waals surface area contributed by atoms with E-state index in [-0.39, 0.29) is 12.5 Å². The van der Waals surface area contributed by atoms with Crippen LogP contribution >= 0.6 is 0 Å². The number of rotatable bonds is 6. The summed E-state index contributed by atoms with van der Waals surface area (Å²) >= 11 is 0. The van der Waals surface area contributed by atoms with Gasteiger partial charge in [0, 0.05) is 11.8 Å². The molecule has 25 heavy (non-hydrogen) atoms. The van der Waals surface area contributed by atoms with Crippen molar-refractivity contribution in [3.05, 3.63) is 66.5 Å². The Morgan fingerprint density at radius 1 is 1.24 bits per heavy atom. The highest BCUT2D eigenvalue weighted by atomic mass is 16.5. The van der Waals surface area contributed by atoms with Crippen LogP contribution in [-0.4, -0.2) is 28.8 Å². The number of hydrazone groups is 1. The van der Waals surface area contributed by atoms with Crippen molar-refractivity contribution in [2.75, 3.05) is 7.11 Å². The number of methoxy groups -OCH3 is 1. The first kappa shape index (κ1) is 16.4. The summed E-state index contributed by atoms with van der Waals surface area (Å²) in [7, 11) is 1.63. The van der Waals surface area contributed by atoms with Gasteiger partial charge in [-0.2, -0.15) is 5.10 Å². The molecule has 1 heterocycles. The number of fused-ring (bicyclic) bond motifs is 1. The molecule has 0 aliphatic rings. The van der Waals surface area contributed by atoms with Crippen LogP contribution in [-0.2, 0) is 11.3 Å². The first-order valence-electron chi connectivity index (χ1n) is 7.79. The first-order valence-corrected chi connectivity index (χ1v) is 7.79. The average molecular weight is 334 g/mol. The largest absolute Gasteiger partial charge is 0.496 e. The molecule has 0 atom stereocenters. The van der Waals surface area contributed by atoms with Crippen LogP contribution in [0.2, 0.25) is 0 Å². The molecule has 3 aromatic rings. The average Bonchev–Trinajstić information content (AvgIpc) is 3.05. The molecule has 0 spiro atoms. The van der Waals surface area contributed by atoms with Crippen LogP contribution in [0.5, 0.6) is 5.75 Å². The molecule has 3 rings (SSSR count). The zero-order valence-corrected chi connectivity index (χ0v) is 13.8. The number of hydrogen-bond acceptors (Lipinski definition) is 4. The van der Waals surface area contributed by atoms with E-state index in [2.05, 4.69) is 15.5 Å². The van der Waals surface area contributed by atoms with Crippen LogP contribution in [0.15, 0.2) is 66.0 Å². The number of hydrogen-bond donors (Lipinski definition) is 1. The number of benzene rings is 2. The Hall–Kier alpha value is -3.41. The first-order chi connectivity index (χ1) is 12.3. The van der Waals surface area contributed by atoms with Gasteiger partial charge < -0.3 is 9.30 Å². The second-order valence-corrected chi connectivity index (χ2v) is 5.28. The fraction of sp³-hybridized carbons (Fsp3) is 0.105. The molecule has 0 saturated carbocycles. The number of carbonyl (C=O) groups is 1. The fourth-order valence-electron chi connectivity index (χ4n) is 2.43. The lowest BCUT2D eigenvalue weighted by molar-refractivity contribution is -0.121. The molecule has 0 aliphatic heterocycles. The highest BCUT2D eigenvalue weighted by molar-refractivity contribution is 5.83. The van der Waals surface area contributed by atoms with E-state index in [1.165, 1.54) is 6.21 Å². The lowest BCUT2D eigenvalue weighted by atomic mass is 10.2. The molecule has 1 amide bonds. The van der Waals surface area contributed by atoms with Gasteiger partial charge in [0.15, 0.2) is 0 Å². The summed E-state index contributed by atoms with van der Waals surface area (Å²) in [6, 6.07) is 15.3. The third kappa shape index (κ3) is 4.11. The lowest BCUT2D eigenvalue weighted by Crippen LogP contribution is -2.22. The Labute approximate surface area is 145 Å². The fourth-order valence-corrected chi connectivity index (χ4v) is 2.43. The molecule has 1 N–H and O–H groups in total. The minimum absolute atomic E-state index is 0.161. The van der Waals surface area contributed by atoms with Gasteiger partial charge in [-0.3, -0.25) is 4.79 Å². The number of para-hydroxylation sites is 3. The van der Waals surface area contributed by atoms with Gasteiger partial charge in [0.05, 0.1) is 24.5 Å². The maximum absolute atomic E-state index is 12.0. The van der Waals surface area contributed by atoms with E-state index < -0.39 is 0 Å². The molecule has 0 fully saturated rings. The van der Waals surface area contributed by atoms with Gasteiger partial charge in [-0.15, -0.1) is 0 Å². The van der Waals surface area contributed by atoms with Gasteiger partial charge in [0.2, 0.25) is 0 Å². The van der Waals surface area contributed by atoms with E-state index in [4.69, 9.17) is 4.74 Å². The van der Waals surface area contributed by atoms with E-state index in [9.17, 15) is 4.79 Å². The zero-order valence-electron chi connectivity index (χ0n) is 13.8. The minimum atomic E-state index is -0.218. The van der Waals surface area contributed by atoms with Crippen LogP contribution in [0.3, 0.4) is 0 Å². The third-order valence-electron chi connectivity index (χ3n) is 3.61. The minimum Gasteiger partial charge on any atom is -0.496 e. The number of imidazole rings is 1. The monoisotopic (exact) mass is 334 g/mol. The summed E-state index contributed by atoms with van der Waals surface area (Å²) in [6.45, 7) is 0.161. The van der Waals surface area contributed by atoms with Crippen molar-refractivity contribution in [2.45, 2.75) is 6.54 Å². The summed E-state index contributed by atoms with van der Waals surface area (Å²) in [5, 5.41) is 3.92. The molecule has 0 bridgehead atoms. The maximum Gasteiger partial charge on any atom is 0.260 e. The number of ether oxygens (including phenoxy) is 1. The van der Waals surface area contributed by atoms with Gasteiger partial charge in [-0.1, -0.05) is 30.3 Å². The van der Waals surface area contributed by atoms with Crippen molar-refractivity contribution in [2.24, 2.45) is 5.10 Å². The predicted octanol–water partition coefficient (Wildman–Crippen LogP) is 2.86. The van der Waals surface area contributed by atoms with Crippen molar-refractivity contribution in [1.82, 2.24) is 15.0 Å². The topological polar surface area (TPSA) is 68.5 Å². The maximum atomic E-state index is 12.0. The van der Waals surface area contributed by atoms with Gasteiger partial charge >= 0.3 is 0 Å². The van der Waals surface area contributed by atoms with Crippen LogP contribution in [0.4, 0.5) is 0 Å². The normalized spacial score (nSPS) is 11.4. The van der Waals surface area contributed by atoms with Crippen molar-refractivity contribution in [1.29, 1.82) is 0 Å². The summed E-state index contributed by atoms with van der Waals surface area (Å²) in [5.74, 6) is 0.563. The molecule has 0 saturated heterocycles. The van der Waals surface area contributed by atoms with E-state index in [1.54, 1.807) is 24.1 Å². The third-order valence-corrected chi connectivity index (χ3v) is 3.61. The molecule has 0 aliphatic carbocycles. The van der Waals surface area contributed by atoms with E-state index in [0.29, 0.717) is 0 Å². The molecule has 6 nitrogen and oxygen atoms in total. The highest BCUT2D eigenvalue weighted by Gasteiger charge is 2.05. The zero-order chi connectivity index (χ0) is 17.5. The molecule has 126 valence electrons. The Morgan fingerprint density at radius 3 is 2.92 bits per heavy atom. The van der Waals surface area contributed by atoms with Crippen LogP contribution in [0.25, 0.3) is 17.1 Å². The van der Waals surface area contributed by atoms with Crippen LogP contribution in [0.1, 0.15) is 5.56 Å². The van der Waals surface area contributed by atoms with Crippen molar-refractivity contribution in [3.63, 3.8) is 0 Å². The highest BCUT2D eigenvalue weighted by Crippen LogP contribution is 2.18. The van der Waals surface area contributed by atoms with Crippen molar-refractivity contribution < 1.29 is 9.53 Å². The molecule has 2 aromatic carbocycles. The van der Waals surface area contributed by atoms with Crippen molar-refractivity contribution >= 4 is 29.2 Å². The van der Waals surface area contributed by atoms with Gasteiger partial charge in [0.1, 0.15) is 12.3 Å². The van der Waals surface area contributed by atoms with E-state index >= 15 is 0 Å².